The first-order valence-electron chi connectivity index (χ1n) is 5.16. The Hall–Kier alpha value is -1.35. The molecule has 0 heterocycles. The van der Waals surface area contributed by atoms with Crippen LogP contribution in [0.5, 0.6) is 0 Å². The molecule has 1 aromatic carbocycles. The fourth-order valence-electron chi connectivity index (χ4n) is 1.20. The van der Waals surface area contributed by atoms with Gasteiger partial charge in [0.15, 0.2) is 0 Å². The number of rotatable bonds is 3. The first-order valence-corrected chi connectivity index (χ1v) is 5.16. The van der Waals surface area contributed by atoms with Crippen LogP contribution >= 0.6 is 0 Å². The number of nitrogens with two attached hydrogens (primary N) is 1. The largest absolute Gasteiger partial charge is 0.465 e. The van der Waals surface area contributed by atoms with Crippen LogP contribution in [-0.4, -0.2) is 19.6 Å². The van der Waals surface area contributed by atoms with E-state index in [-0.39, 0.29) is 5.97 Å². The Kier molecular flexibility index (Phi) is 7.28. The molecule has 0 spiro atoms. The molecule has 0 aliphatic carbocycles. The highest BCUT2D eigenvalue weighted by Gasteiger charge is 2.09. The summed E-state index contributed by atoms with van der Waals surface area (Å²) in [5, 5.41) is 0. The fourth-order valence-corrected chi connectivity index (χ4v) is 1.20. The van der Waals surface area contributed by atoms with E-state index in [4.69, 9.17) is 5.73 Å². The lowest BCUT2D eigenvalue weighted by Crippen LogP contribution is -2.09. The Morgan fingerprint density at radius 3 is 2.47 bits per heavy atom. The molecular weight excluding hydrogens is 190 g/mol. The lowest BCUT2D eigenvalue weighted by atomic mass is 10.1. The Morgan fingerprint density at radius 1 is 1.33 bits per heavy atom. The summed E-state index contributed by atoms with van der Waals surface area (Å²) in [7, 11) is 1.38. The van der Waals surface area contributed by atoms with E-state index in [1.54, 1.807) is 6.07 Å². The molecule has 0 unspecified atom stereocenters. The van der Waals surface area contributed by atoms with E-state index in [1.165, 1.54) is 7.11 Å². The molecule has 0 fully saturated rings. The molecule has 0 aliphatic rings. The first-order chi connectivity index (χ1) is 7.29. The third kappa shape index (κ3) is 4.13. The molecule has 0 aliphatic heterocycles. The minimum atomic E-state index is -0.302. The average Bonchev–Trinajstić information content (AvgIpc) is 2.32. The lowest BCUT2D eigenvalue weighted by molar-refractivity contribution is 0.0599. The first kappa shape index (κ1) is 13.7. The molecule has 0 radical (unpaired) electrons. The van der Waals surface area contributed by atoms with E-state index in [2.05, 4.69) is 4.74 Å². The van der Waals surface area contributed by atoms with Crippen molar-refractivity contribution >= 4 is 5.97 Å². The topological polar surface area (TPSA) is 52.3 Å². The summed E-state index contributed by atoms with van der Waals surface area (Å²) in [6.45, 7) is 4.54. The Bertz CT molecular complexity index is 297. The maximum atomic E-state index is 11.2. The summed E-state index contributed by atoms with van der Waals surface area (Å²) >= 11 is 0. The zero-order valence-electron chi connectivity index (χ0n) is 9.62. The van der Waals surface area contributed by atoms with Crippen molar-refractivity contribution in [2.45, 2.75) is 20.3 Å². The second-order valence-electron chi connectivity index (χ2n) is 2.69. The van der Waals surface area contributed by atoms with E-state index in [0.717, 1.165) is 5.56 Å². The van der Waals surface area contributed by atoms with Gasteiger partial charge < -0.3 is 10.5 Å². The van der Waals surface area contributed by atoms with Gasteiger partial charge in [-0.1, -0.05) is 32.0 Å². The zero-order valence-corrected chi connectivity index (χ0v) is 9.62. The van der Waals surface area contributed by atoms with Crippen molar-refractivity contribution in [1.29, 1.82) is 0 Å². The molecule has 3 heteroatoms. The summed E-state index contributed by atoms with van der Waals surface area (Å²) in [5.74, 6) is -0.302. The maximum absolute atomic E-state index is 11.2. The van der Waals surface area contributed by atoms with Gasteiger partial charge in [-0.05, 0) is 24.6 Å². The molecular formula is C12H19NO2. The van der Waals surface area contributed by atoms with Gasteiger partial charge in [-0.25, -0.2) is 4.79 Å². The van der Waals surface area contributed by atoms with Crippen LogP contribution in [0, 0.1) is 0 Å². The number of ether oxygens (including phenoxy) is 1. The monoisotopic (exact) mass is 209 g/mol. The van der Waals surface area contributed by atoms with Gasteiger partial charge in [-0.3, -0.25) is 0 Å². The van der Waals surface area contributed by atoms with Crippen LogP contribution in [0.2, 0.25) is 0 Å². The number of carbonyl (C=O) groups is 1. The quantitative estimate of drug-likeness (QED) is 0.775. The third-order valence-electron chi connectivity index (χ3n) is 1.84. The molecule has 0 saturated carbocycles. The average molecular weight is 209 g/mol. The smallest absolute Gasteiger partial charge is 0.338 e. The van der Waals surface area contributed by atoms with Gasteiger partial charge in [0.1, 0.15) is 0 Å². The van der Waals surface area contributed by atoms with Crippen LogP contribution in [0.4, 0.5) is 0 Å². The van der Waals surface area contributed by atoms with E-state index in [0.29, 0.717) is 18.5 Å². The van der Waals surface area contributed by atoms with E-state index in [9.17, 15) is 4.79 Å². The van der Waals surface area contributed by atoms with Crippen molar-refractivity contribution in [1.82, 2.24) is 0 Å². The van der Waals surface area contributed by atoms with Gasteiger partial charge >= 0.3 is 5.97 Å². The van der Waals surface area contributed by atoms with Gasteiger partial charge in [-0.2, -0.15) is 0 Å². The van der Waals surface area contributed by atoms with Crippen molar-refractivity contribution in [3.63, 3.8) is 0 Å². The molecule has 3 nitrogen and oxygen atoms in total. The molecule has 1 aromatic rings. The van der Waals surface area contributed by atoms with Crippen molar-refractivity contribution in [2.24, 2.45) is 5.73 Å². The van der Waals surface area contributed by atoms with Gasteiger partial charge in [0.25, 0.3) is 0 Å². The van der Waals surface area contributed by atoms with Crippen LogP contribution in [0.15, 0.2) is 24.3 Å². The summed E-state index contributed by atoms with van der Waals surface area (Å²) in [4.78, 5) is 11.2. The van der Waals surface area contributed by atoms with Crippen molar-refractivity contribution in [3.05, 3.63) is 35.4 Å². The molecule has 0 saturated heterocycles. The predicted octanol–water partition coefficient (Wildman–Crippen LogP) is 2.00. The zero-order chi connectivity index (χ0) is 11.7. The van der Waals surface area contributed by atoms with Crippen LogP contribution in [0.1, 0.15) is 29.8 Å². The minimum Gasteiger partial charge on any atom is -0.465 e. The third-order valence-corrected chi connectivity index (χ3v) is 1.84. The highest BCUT2D eigenvalue weighted by molar-refractivity contribution is 5.90. The normalized spacial score (nSPS) is 8.80. The summed E-state index contributed by atoms with van der Waals surface area (Å²) in [6, 6.07) is 7.33. The number of esters is 1. The number of carbonyl (C=O) groups excluding carboxylic acids is 1. The SMILES string of the molecule is CC.COC(=O)c1ccccc1CCN. The Balaban J connectivity index is 0.000000921. The number of benzene rings is 1. The molecule has 84 valence electrons. The molecule has 2 N–H and O–H groups in total. The van der Waals surface area contributed by atoms with Crippen LogP contribution in [-0.2, 0) is 11.2 Å². The number of hydrogen-bond donors (Lipinski definition) is 1. The van der Waals surface area contributed by atoms with E-state index < -0.39 is 0 Å². The predicted molar refractivity (Wildman–Crippen MR) is 61.9 cm³/mol. The summed E-state index contributed by atoms with van der Waals surface area (Å²) < 4.78 is 4.64. The molecule has 1 rings (SSSR count). The summed E-state index contributed by atoms with van der Waals surface area (Å²) in [5.41, 5.74) is 6.97. The minimum absolute atomic E-state index is 0.302. The lowest BCUT2D eigenvalue weighted by Gasteiger charge is -2.05. The molecule has 15 heavy (non-hydrogen) atoms. The van der Waals surface area contributed by atoms with Crippen LogP contribution in [0.3, 0.4) is 0 Å². The summed E-state index contributed by atoms with van der Waals surface area (Å²) in [6.07, 6.45) is 0.700. The fraction of sp³-hybridized carbons (Fsp3) is 0.417. The Morgan fingerprint density at radius 2 is 1.93 bits per heavy atom. The van der Waals surface area contributed by atoms with Gasteiger partial charge in [-0.15, -0.1) is 0 Å². The second-order valence-corrected chi connectivity index (χ2v) is 2.69. The Labute approximate surface area is 91.2 Å². The highest BCUT2D eigenvalue weighted by atomic mass is 16.5. The number of methoxy groups -OCH3 is 1. The molecule has 0 aromatic heterocycles. The van der Waals surface area contributed by atoms with E-state index in [1.807, 2.05) is 32.0 Å². The van der Waals surface area contributed by atoms with Crippen molar-refractivity contribution < 1.29 is 9.53 Å². The molecule has 0 atom stereocenters. The standard InChI is InChI=1S/C10H13NO2.C2H6/c1-13-10(12)9-5-3-2-4-8(9)6-7-11;1-2/h2-5H,6-7,11H2,1H3;1-2H3. The van der Waals surface area contributed by atoms with Crippen molar-refractivity contribution in [3.8, 4) is 0 Å². The maximum Gasteiger partial charge on any atom is 0.338 e. The van der Waals surface area contributed by atoms with Gasteiger partial charge in [0.05, 0.1) is 12.7 Å². The second kappa shape index (κ2) is 8.00. The van der Waals surface area contributed by atoms with Crippen LogP contribution < -0.4 is 5.73 Å². The van der Waals surface area contributed by atoms with Gasteiger partial charge in [0.2, 0.25) is 0 Å². The van der Waals surface area contributed by atoms with Crippen molar-refractivity contribution in [2.75, 3.05) is 13.7 Å². The van der Waals surface area contributed by atoms with Gasteiger partial charge in [0, 0.05) is 0 Å². The molecule has 0 amide bonds. The molecule has 0 bridgehead atoms. The highest BCUT2D eigenvalue weighted by Crippen LogP contribution is 2.09. The van der Waals surface area contributed by atoms with E-state index >= 15 is 0 Å². The van der Waals surface area contributed by atoms with Crippen LogP contribution in [0.25, 0.3) is 0 Å². The number of hydrogen-bond acceptors (Lipinski definition) is 3.